The Labute approximate surface area is 110 Å². The van der Waals surface area contributed by atoms with E-state index < -0.39 is 17.2 Å². The summed E-state index contributed by atoms with van der Waals surface area (Å²) in [6, 6.07) is 3.32. The minimum Gasteiger partial charge on any atom is -0.489 e. The van der Waals surface area contributed by atoms with Crippen molar-refractivity contribution in [3.63, 3.8) is 0 Å². The predicted molar refractivity (Wildman–Crippen MR) is 65.2 cm³/mol. The van der Waals surface area contributed by atoms with E-state index in [9.17, 15) is 9.18 Å². The Balaban J connectivity index is 2.00. The van der Waals surface area contributed by atoms with E-state index >= 15 is 0 Å². The van der Waals surface area contributed by atoms with Gasteiger partial charge in [0.25, 0.3) is 0 Å². The molecule has 0 amide bonds. The fourth-order valence-corrected chi connectivity index (χ4v) is 2.59. The van der Waals surface area contributed by atoms with Gasteiger partial charge in [0.15, 0.2) is 17.3 Å². The van der Waals surface area contributed by atoms with E-state index in [1.54, 1.807) is 12.1 Å². The van der Waals surface area contributed by atoms with Crippen molar-refractivity contribution >= 4 is 5.97 Å². The van der Waals surface area contributed by atoms with Crippen LogP contribution in [0.3, 0.4) is 0 Å². The lowest BCUT2D eigenvalue weighted by Gasteiger charge is -2.17. The van der Waals surface area contributed by atoms with E-state index in [1.165, 1.54) is 0 Å². The maximum Gasteiger partial charge on any atom is 0.304 e. The van der Waals surface area contributed by atoms with Crippen LogP contribution in [0.25, 0.3) is 0 Å². The molecule has 1 aliphatic heterocycles. The molecule has 1 aromatic rings. The van der Waals surface area contributed by atoms with Gasteiger partial charge in [0, 0.05) is 11.8 Å². The van der Waals surface area contributed by atoms with Gasteiger partial charge in [0.1, 0.15) is 0 Å². The minimum absolute atomic E-state index is 0.0381. The Morgan fingerprint density at radius 2 is 2.05 bits per heavy atom. The van der Waals surface area contributed by atoms with Crippen LogP contribution >= 0.6 is 0 Å². The second-order valence-corrected chi connectivity index (χ2v) is 5.16. The molecule has 1 heterocycles. The fraction of sp³-hybridized carbons (Fsp3) is 0.500. The van der Waals surface area contributed by atoms with Crippen molar-refractivity contribution in [1.29, 1.82) is 0 Å². The topological polar surface area (TPSA) is 55.8 Å². The van der Waals surface area contributed by atoms with E-state index in [0.717, 1.165) is 0 Å². The Morgan fingerprint density at radius 3 is 2.74 bits per heavy atom. The van der Waals surface area contributed by atoms with Gasteiger partial charge in [-0.05, 0) is 24.5 Å². The molecule has 5 heteroatoms. The van der Waals surface area contributed by atoms with Crippen molar-refractivity contribution in [3.8, 4) is 11.5 Å². The van der Waals surface area contributed by atoms with Crippen LogP contribution in [0, 0.1) is 5.82 Å². The summed E-state index contributed by atoms with van der Waals surface area (Å²) in [5, 5.41) is 8.95. The Hall–Kier alpha value is -1.78. The number of carboxylic acids is 1. The number of rotatable bonds is 3. The monoisotopic (exact) mass is 266 g/mol. The zero-order valence-corrected chi connectivity index (χ0v) is 10.4. The van der Waals surface area contributed by atoms with Crippen molar-refractivity contribution in [3.05, 3.63) is 23.5 Å². The van der Waals surface area contributed by atoms with E-state index in [0.29, 0.717) is 43.8 Å². The Kier molecular flexibility index (Phi) is 2.84. The molecule has 2 aliphatic rings. The molecule has 19 heavy (non-hydrogen) atoms. The van der Waals surface area contributed by atoms with Crippen molar-refractivity contribution in [1.82, 2.24) is 0 Å². The van der Waals surface area contributed by atoms with Crippen LogP contribution in [0.4, 0.5) is 4.39 Å². The summed E-state index contributed by atoms with van der Waals surface area (Å²) in [7, 11) is 0. The highest BCUT2D eigenvalue weighted by Gasteiger charge is 2.48. The molecule has 0 saturated heterocycles. The minimum atomic E-state index is -0.899. The van der Waals surface area contributed by atoms with Crippen LogP contribution in [-0.4, -0.2) is 24.3 Å². The Bertz CT molecular complexity index is 522. The third-order valence-electron chi connectivity index (χ3n) is 3.77. The largest absolute Gasteiger partial charge is 0.489 e. The van der Waals surface area contributed by atoms with Crippen LogP contribution in [0.15, 0.2) is 12.1 Å². The van der Waals surface area contributed by atoms with Gasteiger partial charge in [-0.3, -0.25) is 4.79 Å². The predicted octanol–water partition coefficient (Wildman–Crippen LogP) is 2.49. The summed E-state index contributed by atoms with van der Waals surface area (Å²) >= 11 is 0. The molecule has 0 unspecified atom stereocenters. The van der Waals surface area contributed by atoms with Crippen molar-refractivity contribution < 1.29 is 23.8 Å². The zero-order valence-electron chi connectivity index (χ0n) is 10.4. The molecule has 1 N–H and O–H groups in total. The number of benzene rings is 1. The molecular formula is C14H15FO4. The fourth-order valence-electron chi connectivity index (χ4n) is 2.59. The number of carbonyl (C=O) groups is 1. The second kappa shape index (κ2) is 4.40. The van der Waals surface area contributed by atoms with Gasteiger partial charge >= 0.3 is 5.97 Å². The molecule has 3 rings (SSSR count). The highest BCUT2D eigenvalue weighted by molar-refractivity contribution is 5.70. The number of halogens is 1. The summed E-state index contributed by atoms with van der Waals surface area (Å²) in [5.74, 6) is -0.821. The second-order valence-electron chi connectivity index (χ2n) is 5.16. The van der Waals surface area contributed by atoms with Crippen molar-refractivity contribution in [2.75, 3.05) is 13.2 Å². The molecule has 1 fully saturated rings. The van der Waals surface area contributed by atoms with E-state index in [2.05, 4.69) is 0 Å². The molecule has 0 radical (unpaired) electrons. The van der Waals surface area contributed by atoms with Crippen molar-refractivity contribution in [2.45, 2.75) is 31.1 Å². The van der Waals surface area contributed by atoms with Gasteiger partial charge in [-0.2, -0.15) is 0 Å². The first-order valence-electron chi connectivity index (χ1n) is 6.43. The molecule has 1 saturated carbocycles. The summed E-state index contributed by atoms with van der Waals surface area (Å²) in [4.78, 5) is 10.9. The van der Waals surface area contributed by atoms with Crippen LogP contribution < -0.4 is 9.47 Å². The summed E-state index contributed by atoms with van der Waals surface area (Å²) in [6.45, 7) is 0.922. The highest BCUT2D eigenvalue weighted by atomic mass is 19.1. The molecular weight excluding hydrogens is 251 g/mol. The molecule has 0 bridgehead atoms. The van der Waals surface area contributed by atoms with E-state index in [1.807, 2.05) is 0 Å². The number of carboxylic acid groups (broad SMARTS) is 1. The van der Waals surface area contributed by atoms with Crippen LogP contribution in [-0.2, 0) is 10.2 Å². The average Bonchev–Trinajstić information content (AvgIpc) is 3.13. The van der Waals surface area contributed by atoms with Crippen molar-refractivity contribution in [2.24, 2.45) is 0 Å². The molecule has 1 aromatic carbocycles. The summed E-state index contributed by atoms with van der Waals surface area (Å²) in [5.41, 5.74) is -0.111. The SMILES string of the molecule is O=C(O)CC1(c2ccc3c(c2F)OCCCO3)CC1. The maximum atomic E-state index is 14.5. The first kappa shape index (κ1) is 12.3. The first-order chi connectivity index (χ1) is 9.12. The maximum absolute atomic E-state index is 14.5. The number of hydrogen-bond acceptors (Lipinski definition) is 3. The molecule has 4 nitrogen and oxygen atoms in total. The lowest BCUT2D eigenvalue weighted by molar-refractivity contribution is -0.137. The Morgan fingerprint density at radius 1 is 1.32 bits per heavy atom. The molecule has 1 aliphatic carbocycles. The number of ether oxygens (including phenoxy) is 2. The summed E-state index contributed by atoms with van der Waals surface area (Å²) in [6.07, 6.45) is 2.08. The van der Waals surface area contributed by atoms with E-state index in [-0.39, 0.29) is 12.2 Å². The molecule has 102 valence electrons. The van der Waals surface area contributed by atoms with Gasteiger partial charge < -0.3 is 14.6 Å². The summed E-state index contributed by atoms with van der Waals surface area (Å²) < 4.78 is 25.3. The van der Waals surface area contributed by atoms with Gasteiger partial charge in [-0.25, -0.2) is 4.39 Å². The van der Waals surface area contributed by atoms with Crippen LogP contribution in [0.1, 0.15) is 31.2 Å². The van der Waals surface area contributed by atoms with E-state index in [4.69, 9.17) is 14.6 Å². The van der Waals surface area contributed by atoms with Gasteiger partial charge in [0.05, 0.1) is 19.6 Å². The average molecular weight is 266 g/mol. The van der Waals surface area contributed by atoms with Gasteiger partial charge in [-0.1, -0.05) is 6.07 Å². The quantitative estimate of drug-likeness (QED) is 0.913. The highest BCUT2D eigenvalue weighted by Crippen LogP contribution is 2.53. The normalized spacial score (nSPS) is 19.6. The third kappa shape index (κ3) is 2.13. The van der Waals surface area contributed by atoms with Gasteiger partial charge in [-0.15, -0.1) is 0 Å². The zero-order chi connectivity index (χ0) is 13.5. The lowest BCUT2D eigenvalue weighted by Crippen LogP contribution is -2.15. The standard InChI is InChI=1S/C14H15FO4/c15-12-9(14(4-5-14)8-11(16)17)2-3-10-13(12)19-7-1-6-18-10/h2-3H,1,4-8H2,(H,16,17). The molecule has 0 atom stereocenters. The van der Waals surface area contributed by atoms with Crippen LogP contribution in [0.2, 0.25) is 0 Å². The number of aliphatic carboxylic acids is 1. The van der Waals surface area contributed by atoms with Gasteiger partial charge in [0.2, 0.25) is 0 Å². The first-order valence-corrected chi connectivity index (χ1v) is 6.43. The molecule has 0 aromatic heterocycles. The molecule has 0 spiro atoms. The lowest BCUT2D eigenvalue weighted by atomic mass is 9.91. The van der Waals surface area contributed by atoms with Crippen LogP contribution in [0.5, 0.6) is 11.5 Å². The smallest absolute Gasteiger partial charge is 0.304 e. The number of fused-ring (bicyclic) bond motifs is 1. The number of hydrogen-bond donors (Lipinski definition) is 1. The third-order valence-corrected chi connectivity index (χ3v) is 3.77.